The van der Waals surface area contributed by atoms with Gasteiger partial charge in [0.05, 0.1) is 23.7 Å². The zero-order valence-electron chi connectivity index (χ0n) is 18.5. The average Bonchev–Trinajstić information content (AvgIpc) is 2.83. The summed E-state index contributed by atoms with van der Waals surface area (Å²) in [5, 5.41) is 2.68. The molecule has 0 aliphatic carbocycles. The van der Waals surface area contributed by atoms with Crippen molar-refractivity contribution in [2.24, 2.45) is 0 Å². The van der Waals surface area contributed by atoms with Crippen molar-refractivity contribution in [3.05, 3.63) is 59.2 Å². The fourth-order valence-corrected chi connectivity index (χ4v) is 4.88. The standard InChI is InChI=1S/C23H26N2O7S/c1-3-22(27)24-19-8-6-17(7-9-19)20(26)15-32-23(28)18-5-4-16(2)21(14-18)33(29,30)25-10-12-31-13-11-25/h4-9,14H,3,10-13,15H2,1-2H3,(H,24,27). The van der Waals surface area contributed by atoms with Crippen LogP contribution >= 0.6 is 0 Å². The van der Waals surface area contributed by atoms with Crippen LogP contribution in [0.4, 0.5) is 5.69 Å². The van der Waals surface area contributed by atoms with Crippen LogP contribution in [-0.2, 0) is 24.3 Å². The van der Waals surface area contributed by atoms with Crippen LogP contribution < -0.4 is 5.32 Å². The summed E-state index contributed by atoms with van der Waals surface area (Å²) < 4.78 is 37.6. The van der Waals surface area contributed by atoms with Gasteiger partial charge in [-0.2, -0.15) is 4.31 Å². The predicted molar refractivity (Wildman–Crippen MR) is 121 cm³/mol. The molecule has 1 aliphatic rings. The van der Waals surface area contributed by atoms with Gasteiger partial charge in [-0.15, -0.1) is 0 Å². The van der Waals surface area contributed by atoms with Crippen molar-refractivity contribution in [1.82, 2.24) is 4.31 Å². The minimum atomic E-state index is -3.79. The maximum Gasteiger partial charge on any atom is 0.338 e. The lowest BCUT2D eigenvalue weighted by Crippen LogP contribution is -2.40. The summed E-state index contributed by atoms with van der Waals surface area (Å²) in [4.78, 5) is 36.3. The molecule has 1 fully saturated rings. The van der Waals surface area contributed by atoms with Gasteiger partial charge in [0.15, 0.2) is 12.4 Å². The first-order valence-corrected chi connectivity index (χ1v) is 11.9. The maximum atomic E-state index is 13.0. The van der Waals surface area contributed by atoms with Gasteiger partial charge in [-0.05, 0) is 48.9 Å². The number of rotatable bonds is 8. The number of benzene rings is 2. The van der Waals surface area contributed by atoms with Gasteiger partial charge in [-0.25, -0.2) is 13.2 Å². The van der Waals surface area contributed by atoms with Crippen LogP contribution in [-0.4, -0.2) is 63.3 Å². The van der Waals surface area contributed by atoms with E-state index in [4.69, 9.17) is 9.47 Å². The molecule has 9 nitrogen and oxygen atoms in total. The Morgan fingerprint density at radius 2 is 1.67 bits per heavy atom. The highest BCUT2D eigenvalue weighted by atomic mass is 32.2. The van der Waals surface area contributed by atoms with E-state index in [0.717, 1.165) is 0 Å². The minimum Gasteiger partial charge on any atom is -0.454 e. The fourth-order valence-electron chi connectivity index (χ4n) is 3.22. The highest BCUT2D eigenvalue weighted by Gasteiger charge is 2.28. The molecule has 1 heterocycles. The number of ether oxygens (including phenoxy) is 2. The van der Waals surface area contributed by atoms with Gasteiger partial charge in [0, 0.05) is 30.8 Å². The topological polar surface area (TPSA) is 119 Å². The molecule has 2 aromatic carbocycles. The monoisotopic (exact) mass is 474 g/mol. The van der Waals surface area contributed by atoms with Crippen molar-refractivity contribution in [3.8, 4) is 0 Å². The van der Waals surface area contributed by atoms with Gasteiger partial charge < -0.3 is 14.8 Å². The van der Waals surface area contributed by atoms with Crippen LogP contribution in [0.2, 0.25) is 0 Å². The Kier molecular flexibility index (Phi) is 7.96. The Morgan fingerprint density at radius 1 is 1.03 bits per heavy atom. The van der Waals surface area contributed by atoms with E-state index in [1.807, 2.05) is 0 Å². The summed E-state index contributed by atoms with van der Waals surface area (Å²) in [5.41, 5.74) is 1.42. The van der Waals surface area contributed by atoms with Crippen LogP contribution in [0, 0.1) is 6.92 Å². The third-order valence-electron chi connectivity index (χ3n) is 5.16. The lowest BCUT2D eigenvalue weighted by Gasteiger charge is -2.26. The molecule has 0 unspecified atom stereocenters. The van der Waals surface area contributed by atoms with E-state index in [2.05, 4.69) is 5.32 Å². The Balaban J connectivity index is 1.66. The summed E-state index contributed by atoms with van der Waals surface area (Å²) in [6.45, 7) is 3.99. The minimum absolute atomic E-state index is 0.0230. The van der Waals surface area contributed by atoms with E-state index >= 15 is 0 Å². The van der Waals surface area contributed by atoms with Gasteiger partial charge >= 0.3 is 5.97 Å². The molecule has 1 aliphatic heterocycles. The van der Waals surface area contributed by atoms with Gasteiger partial charge in [-0.1, -0.05) is 13.0 Å². The number of hydrogen-bond acceptors (Lipinski definition) is 7. The number of amides is 1. The number of anilines is 1. The quantitative estimate of drug-likeness (QED) is 0.461. The molecule has 2 aromatic rings. The number of hydrogen-bond donors (Lipinski definition) is 1. The predicted octanol–water partition coefficient (Wildman–Crippen LogP) is 2.40. The second kappa shape index (κ2) is 10.7. The molecule has 0 aromatic heterocycles. The summed E-state index contributed by atoms with van der Waals surface area (Å²) in [6, 6.07) is 10.5. The van der Waals surface area contributed by atoms with E-state index in [-0.39, 0.29) is 29.5 Å². The molecule has 0 bridgehead atoms. The van der Waals surface area contributed by atoms with E-state index in [9.17, 15) is 22.8 Å². The smallest absolute Gasteiger partial charge is 0.338 e. The van der Waals surface area contributed by atoms with Crippen molar-refractivity contribution >= 4 is 33.4 Å². The number of aryl methyl sites for hydroxylation is 1. The maximum absolute atomic E-state index is 13.0. The largest absolute Gasteiger partial charge is 0.454 e. The average molecular weight is 475 g/mol. The second-order valence-electron chi connectivity index (χ2n) is 7.48. The highest BCUT2D eigenvalue weighted by Crippen LogP contribution is 2.23. The number of ketones is 1. The molecule has 1 N–H and O–H groups in total. The summed E-state index contributed by atoms with van der Waals surface area (Å²) >= 11 is 0. The fraction of sp³-hybridized carbons (Fsp3) is 0.348. The number of Topliss-reactive ketones (excluding diaryl/α,β-unsaturated/α-hetero) is 1. The van der Waals surface area contributed by atoms with Crippen molar-refractivity contribution in [1.29, 1.82) is 0 Å². The van der Waals surface area contributed by atoms with Gasteiger partial charge in [0.25, 0.3) is 0 Å². The lowest BCUT2D eigenvalue weighted by molar-refractivity contribution is -0.115. The number of esters is 1. The van der Waals surface area contributed by atoms with Crippen molar-refractivity contribution in [3.63, 3.8) is 0 Å². The summed E-state index contributed by atoms with van der Waals surface area (Å²) in [6.07, 6.45) is 0.338. The molecule has 176 valence electrons. The van der Waals surface area contributed by atoms with Crippen LogP contribution in [0.3, 0.4) is 0 Å². The third kappa shape index (κ3) is 6.04. The number of carbonyl (C=O) groups excluding carboxylic acids is 3. The zero-order chi connectivity index (χ0) is 24.0. The molecule has 0 spiro atoms. The van der Waals surface area contributed by atoms with Gasteiger partial charge in [0.2, 0.25) is 15.9 Å². The first-order valence-electron chi connectivity index (χ1n) is 10.5. The number of sulfonamides is 1. The molecule has 1 amide bonds. The van der Waals surface area contributed by atoms with Crippen LogP contribution in [0.15, 0.2) is 47.4 Å². The summed E-state index contributed by atoms with van der Waals surface area (Å²) in [5.74, 6) is -1.37. The van der Waals surface area contributed by atoms with Gasteiger partial charge in [0.1, 0.15) is 0 Å². The molecule has 3 rings (SSSR count). The zero-order valence-corrected chi connectivity index (χ0v) is 19.3. The highest BCUT2D eigenvalue weighted by molar-refractivity contribution is 7.89. The molecule has 0 radical (unpaired) electrons. The Hall–Kier alpha value is -3.08. The van der Waals surface area contributed by atoms with Crippen LogP contribution in [0.1, 0.15) is 39.6 Å². The van der Waals surface area contributed by atoms with Crippen LogP contribution in [0.25, 0.3) is 0 Å². The molecule has 1 saturated heterocycles. The molecule has 33 heavy (non-hydrogen) atoms. The second-order valence-corrected chi connectivity index (χ2v) is 9.38. The van der Waals surface area contributed by atoms with Crippen molar-refractivity contribution in [2.75, 3.05) is 38.2 Å². The Bertz CT molecular complexity index is 1140. The van der Waals surface area contributed by atoms with Crippen molar-refractivity contribution in [2.45, 2.75) is 25.2 Å². The van der Waals surface area contributed by atoms with Crippen molar-refractivity contribution < 1.29 is 32.3 Å². The van der Waals surface area contributed by atoms with E-state index in [1.165, 1.54) is 34.6 Å². The molecular formula is C23H26N2O7S. The van der Waals surface area contributed by atoms with Crippen LogP contribution in [0.5, 0.6) is 0 Å². The number of carbonyl (C=O) groups is 3. The molecular weight excluding hydrogens is 448 g/mol. The SMILES string of the molecule is CCC(=O)Nc1ccc(C(=O)COC(=O)c2ccc(C)c(S(=O)(=O)N3CCOCC3)c2)cc1. The number of morpholine rings is 1. The number of nitrogens with zero attached hydrogens (tertiary/aromatic N) is 1. The first kappa shape index (κ1) is 24.6. The lowest BCUT2D eigenvalue weighted by atomic mass is 10.1. The summed E-state index contributed by atoms with van der Waals surface area (Å²) in [7, 11) is -3.79. The Labute approximate surface area is 192 Å². The third-order valence-corrected chi connectivity index (χ3v) is 7.20. The van der Waals surface area contributed by atoms with E-state index in [1.54, 1.807) is 26.0 Å². The normalized spacial score (nSPS) is 14.5. The molecule has 0 atom stereocenters. The molecule has 10 heteroatoms. The molecule has 0 saturated carbocycles. The Morgan fingerprint density at radius 3 is 2.30 bits per heavy atom. The first-order chi connectivity index (χ1) is 15.7. The number of nitrogens with one attached hydrogen (secondary N) is 1. The van der Waals surface area contributed by atoms with E-state index < -0.39 is 28.4 Å². The van der Waals surface area contributed by atoms with E-state index in [0.29, 0.717) is 36.4 Å². The van der Waals surface area contributed by atoms with Gasteiger partial charge in [-0.3, -0.25) is 9.59 Å².